The predicted octanol–water partition coefficient (Wildman–Crippen LogP) is 1.47. The molecule has 6 heteroatoms. The summed E-state index contributed by atoms with van der Waals surface area (Å²) in [6.07, 6.45) is 4.56. The number of halogens is 1. The van der Waals surface area contributed by atoms with Crippen molar-refractivity contribution in [2.24, 2.45) is 5.92 Å². The highest BCUT2D eigenvalue weighted by atomic mass is 35.5. The molecular formula is C14H18ClN3O2. The number of hydrogen-bond donors (Lipinski definition) is 2. The molecule has 1 aromatic heterocycles. The SMILES string of the molecule is CN(C)c1cc(C(=O)N[C@@H]2C=C[C@H](CO)C2)cc(Cl)n1. The van der Waals surface area contributed by atoms with E-state index in [0.717, 1.165) is 6.42 Å². The Morgan fingerprint density at radius 1 is 1.50 bits per heavy atom. The number of aliphatic hydroxyl groups excluding tert-OH is 1. The van der Waals surface area contributed by atoms with Crippen molar-refractivity contribution >= 4 is 23.3 Å². The molecule has 0 bridgehead atoms. The highest BCUT2D eigenvalue weighted by Gasteiger charge is 2.20. The summed E-state index contributed by atoms with van der Waals surface area (Å²) in [5.74, 6) is 0.571. The van der Waals surface area contributed by atoms with E-state index in [1.54, 1.807) is 17.0 Å². The second-order valence-corrected chi connectivity index (χ2v) is 5.46. The molecule has 2 rings (SSSR count). The van der Waals surface area contributed by atoms with Gasteiger partial charge < -0.3 is 15.3 Å². The zero-order chi connectivity index (χ0) is 14.7. The molecule has 0 aliphatic heterocycles. The van der Waals surface area contributed by atoms with Crippen molar-refractivity contribution in [3.63, 3.8) is 0 Å². The molecule has 0 unspecified atom stereocenters. The number of anilines is 1. The first kappa shape index (κ1) is 14.8. The van der Waals surface area contributed by atoms with Crippen molar-refractivity contribution in [1.29, 1.82) is 0 Å². The Hall–Kier alpha value is -1.59. The van der Waals surface area contributed by atoms with Gasteiger partial charge in [0.2, 0.25) is 0 Å². The summed E-state index contributed by atoms with van der Waals surface area (Å²) in [5.41, 5.74) is 0.481. The summed E-state index contributed by atoms with van der Waals surface area (Å²) in [6.45, 7) is 0.106. The predicted molar refractivity (Wildman–Crippen MR) is 79.2 cm³/mol. The Kier molecular flexibility index (Phi) is 4.62. The van der Waals surface area contributed by atoms with Gasteiger partial charge in [-0.15, -0.1) is 0 Å². The normalized spacial score (nSPS) is 21.0. The first-order valence-electron chi connectivity index (χ1n) is 6.44. The number of pyridine rings is 1. The van der Waals surface area contributed by atoms with Gasteiger partial charge >= 0.3 is 0 Å². The van der Waals surface area contributed by atoms with E-state index in [4.69, 9.17) is 16.7 Å². The van der Waals surface area contributed by atoms with Gasteiger partial charge in [-0.3, -0.25) is 4.79 Å². The van der Waals surface area contributed by atoms with Crippen molar-refractivity contribution in [3.8, 4) is 0 Å². The van der Waals surface area contributed by atoms with Crippen LogP contribution < -0.4 is 10.2 Å². The lowest BCUT2D eigenvalue weighted by atomic mass is 10.1. The number of nitrogens with zero attached hydrogens (tertiary/aromatic N) is 2. The quantitative estimate of drug-likeness (QED) is 0.652. The second kappa shape index (κ2) is 6.24. The fraction of sp³-hybridized carbons (Fsp3) is 0.429. The van der Waals surface area contributed by atoms with Crippen LogP contribution in [0.15, 0.2) is 24.3 Å². The molecule has 1 aliphatic rings. The second-order valence-electron chi connectivity index (χ2n) is 5.07. The summed E-state index contributed by atoms with van der Waals surface area (Å²) in [5, 5.41) is 12.3. The molecule has 1 aromatic rings. The summed E-state index contributed by atoms with van der Waals surface area (Å²) < 4.78 is 0. The van der Waals surface area contributed by atoms with Crippen molar-refractivity contribution in [2.45, 2.75) is 12.5 Å². The van der Waals surface area contributed by atoms with Gasteiger partial charge in [-0.05, 0) is 18.6 Å². The van der Waals surface area contributed by atoms with Crippen LogP contribution in [0.4, 0.5) is 5.82 Å². The first-order valence-corrected chi connectivity index (χ1v) is 6.82. The lowest BCUT2D eigenvalue weighted by Gasteiger charge is -2.15. The van der Waals surface area contributed by atoms with Crippen LogP contribution in [0.1, 0.15) is 16.8 Å². The smallest absolute Gasteiger partial charge is 0.251 e. The van der Waals surface area contributed by atoms with Gasteiger partial charge in [0.15, 0.2) is 0 Å². The van der Waals surface area contributed by atoms with Crippen LogP contribution in [0.2, 0.25) is 5.15 Å². The van der Waals surface area contributed by atoms with Crippen LogP contribution in [0, 0.1) is 5.92 Å². The zero-order valence-corrected chi connectivity index (χ0v) is 12.3. The molecule has 108 valence electrons. The third-order valence-corrected chi connectivity index (χ3v) is 3.42. The molecule has 0 aromatic carbocycles. The van der Waals surface area contributed by atoms with Crippen LogP contribution in [0.25, 0.3) is 0 Å². The Morgan fingerprint density at radius 3 is 2.85 bits per heavy atom. The van der Waals surface area contributed by atoms with Gasteiger partial charge in [0.25, 0.3) is 5.91 Å². The maximum atomic E-state index is 12.2. The molecule has 1 amide bonds. The average Bonchev–Trinajstić information content (AvgIpc) is 2.85. The van der Waals surface area contributed by atoms with E-state index in [9.17, 15) is 4.79 Å². The number of rotatable bonds is 4. The highest BCUT2D eigenvalue weighted by Crippen LogP contribution is 2.19. The lowest BCUT2D eigenvalue weighted by Crippen LogP contribution is -2.33. The van der Waals surface area contributed by atoms with Crippen molar-refractivity contribution < 1.29 is 9.90 Å². The highest BCUT2D eigenvalue weighted by molar-refractivity contribution is 6.29. The van der Waals surface area contributed by atoms with E-state index in [1.165, 1.54) is 0 Å². The summed E-state index contributed by atoms with van der Waals surface area (Å²) in [7, 11) is 3.68. The first-order chi connectivity index (χ1) is 9.49. The van der Waals surface area contributed by atoms with Gasteiger partial charge in [0.1, 0.15) is 11.0 Å². The van der Waals surface area contributed by atoms with E-state index in [0.29, 0.717) is 11.4 Å². The monoisotopic (exact) mass is 295 g/mol. The summed E-state index contributed by atoms with van der Waals surface area (Å²) in [4.78, 5) is 18.1. The zero-order valence-electron chi connectivity index (χ0n) is 11.5. The van der Waals surface area contributed by atoms with E-state index < -0.39 is 0 Å². The van der Waals surface area contributed by atoms with Gasteiger partial charge in [-0.25, -0.2) is 4.98 Å². The van der Waals surface area contributed by atoms with E-state index in [-0.39, 0.29) is 29.6 Å². The topological polar surface area (TPSA) is 65.5 Å². The number of aliphatic hydroxyl groups is 1. The fourth-order valence-corrected chi connectivity index (χ4v) is 2.32. The Bertz CT molecular complexity index is 531. The van der Waals surface area contributed by atoms with Crippen LogP contribution >= 0.6 is 11.6 Å². The molecule has 1 heterocycles. The lowest BCUT2D eigenvalue weighted by molar-refractivity contribution is 0.0941. The minimum Gasteiger partial charge on any atom is -0.396 e. The molecule has 0 fully saturated rings. The van der Waals surface area contributed by atoms with Gasteiger partial charge in [-0.2, -0.15) is 0 Å². The number of aromatic nitrogens is 1. The third-order valence-electron chi connectivity index (χ3n) is 3.22. The Balaban J connectivity index is 2.08. The van der Waals surface area contributed by atoms with Crippen LogP contribution in [-0.4, -0.2) is 42.7 Å². The standard InChI is InChI=1S/C14H18ClN3O2/c1-18(2)13-7-10(6-12(15)17-13)14(20)16-11-4-3-9(5-11)8-19/h3-4,6-7,9,11,19H,5,8H2,1-2H3,(H,16,20)/t9-,11+/m0/s1. The summed E-state index contributed by atoms with van der Waals surface area (Å²) in [6, 6.07) is 3.20. The molecule has 2 atom stereocenters. The Labute approximate surface area is 123 Å². The van der Waals surface area contributed by atoms with E-state index >= 15 is 0 Å². The number of amides is 1. The van der Waals surface area contributed by atoms with Crippen molar-refractivity contribution in [2.75, 3.05) is 25.6 Å². The number of carbonyl (C=O) groups excluding carboxylic acids is 1. The molecule has 20 heavy (non-hydrogen) atoms. The van der Waals surface area contributed by atoms with Crippen molar-refractivity contribution in [3.05, 3.63) is 35.0 Å². The molecule has 5 nitrogen and oxygen atoms in total. The largest absolute Gasteiger partial charge is 0.396 e. The third kappa shape index (κ3) is 3.49. The number of hydrogen-bond acceptors (Lipinski definition) is 4. The molecule has 0 saturated carbocycles. The van der Waals surface area contributed by atoms with Crippen molar-refractivity contribution in [1.82, 2.24) is 10.3 Å². The van der Waals surface area contributed by atoms with Crippen LogP contribution in [-0.2, 0) is 0 Å². The molecule has 2 N–H and O–H groups in total. The van der Waals surface area contributed by atoms with Crippen LogP contribution in [0.3, 0.4) is 0 Å². The molecule has 0 radical (unpaired) electrons. The fourth-order valence-electron chi connectivity index (χ4n) is 2.11. The van der Waals surface area contributed by atoms with E-state index in [2.05, 4.69) is 10.3 Å². The minimum atomic E-state index is -0.189. The summed E-state index contributed by atoms with van der Waals surface area (Å²) >= 11 is 5.94. The molecular weight excluding hydrogens is 278 g/mol. The maximum Gasteiger partial charge on any atom is 0.251 e. The average molecular weight is 296 g/mol. The maximum absolute atomic E-state index is 12.2. The number of carbonyl (C=O) groups is 1. The van der Waals surface area contributed by atoms with E-state index in [1.807, 2.05) is 26.2 Å². The minimum absolute atomic E-state index is 0.0469. The van der Waals surface area contributed by atoms with Gasteiger partial charge in [-0.1, -0.05) is 23.8 Å². The van der Waals surface area contributed by atoms with Crippen LogP contribution in [0.5, 0.6) is 0 Å². The Morgan fingerprint density at radius 2 is 2.25 bits per heavy atom. The molecule has 1 aliphatic carbocycles. The number of nitrogens with one attached hydrogen (secondary N) is 1. The van der Waals surface area contributed by atoms with Gasteiger partial charge in [0.05, 0.1) is 0 Å². The molecule has 0 saturated heterocycles. The van der Waals surface area contributed by atoms with Gasteiger partial charge in [0, 0.05) is 38.2 Å². The molecule has 0 spiro atoms.